The minimum absolute atomic E-state index is 0.0867. The number of quaternary nitrogens is 1. The van der Waals surface area contributed by atoms with Crippen LogP contribution in [0.25, 0.3) is 0 Å². The summed E-state index contributed by atoms with van der Waals surface area (Å²) in [5, 5.41) is 0. The molecular weight excluding hydrogens is 430 g/mol. The topological polar surface area (TPSA) is 96.3 Å². The van der Waals surface area contributed by atoms with Crippen LogP contribution in [0, 0.1) is 6.92 Å². The predicted molar refractivity (Wildman–Crippen MR) is 118 cm³/mol. The summed E-state index contributed by atoms with van der Waals surface area (Å²) in [6, 6.07) is 12.7. The smallest absolute Gasteiger partial charge is 0.292 e. The molecule has 0 saturated carbocycles. The summed E-state index contributed by atoms with van der Waals surface area (Å²) < 4.78 is 27.3. The van der Waals surface area contributed by atoms with Gasteiger partial charge < -0.3 is 4.90 Å². The van der Waals surface area contributed by atoms with E-state index >= 15 is 0 Å². The van der Waals surface area contributed by atoms with Crippen molar-refractivity contribution >= 4 is 33.3 Å². The number of nitrogens with one attached hydrogen (secondary N) is 1. The number of carbonyl (C=O) groups is 3. The Bertz CT molecular complexity index is 1150. The average Bonchev–Trinajstić information content (AvgIpc) is 3.08. The normalized spacial score (nSPS) is 20.7. The molecule has 0 spiro atoms. The van der Waals surface area contributed by atoms with Crippen LogP contribution in [0.2, 0.25) is 0 Å². The van der Waals surface area contributed by atoms with Crippen LogP contribution in [0.4, 0.5) is 5.69 Å². The van der Waals surface area contributed by atoms with Gasteiger partial charge in [0.15, 0.2) is 11.8 Å². The first kappa shape index (κ1) is 22.3. The number of carbonyl (C=O) groups excluding carboxylic acids is 3. The van der Waals surface area contributed by atoms with E-state index in [9.17, 15) is 22.8 Å². The van der Waals surface area contributed by atoms with Gasteiger partial charge in [0.25, 0.3) is 5.91 Å². The molecule has 32 heavy (non-hydrogen) atoms. The lowest BCUT2D eigenvalue weighted by atomic mass is 10.1. The number of imide groups is 1. The number of ketones is 1. The third-order valence-corrected chi connectivity index (χ3v) is 8.11. The molecule has 2 aromatic carbocycles. The van der Waals surface area contributed by atoms with E-state index in [2.05, 4.69) is 0 Å². The van der Waals surface area contributed by atoms with Crippen LogP contribution in [0.3, 0.4) is 0 Å². The van der Waals surface area contributed by atoms with Gasteiger partial charge in [-0.2, -0.15) is 4.31 Å². The van der Waals surface area contributed by atoms with E-state index in [4.69, 9.17) is 0 Å². The maximum absolute atomic E-state index is 13.1. The lowest BCUT2D eigenvalue weighted by molar-refractivity contribution is -0.918. The Labute approximate surface area is 187 Å². The van der Waals surface area contributed by atoms with E-state index in [1.54, 1.807) is 48.5 Å². The van der Waals surface area contributed by atoms with Crippen LogP contribution in [0.5, 0.6) is 0 Å². The maximum atomic E-state index is 13.1. The van der Waals surface area contributed by atoms with Gasteiger partial charge in [-0.1, -0.05) is 17.7 Å². The summed E-state index contributed by atoms with van der Waals surface area (Å²) in [5.74, 6) is -0.649. The van der Waals surface area contributed by atoms with Crippen molar-refractivity contribution in [2.24, 2.45) is 0 Å². The molecule has 9 heteroatoms. The Hall–Kier alpha value is -2.88. The number of anilines is 1. The third-order valence-electron chi connectivity index (χ3n) is 6.19. The van der Waals surface area contributed by atoms with Crippen molar-refractivity contribution in [3.05, 3.63) is 59.7 Å². The van der Waals surface area contributed by atoms with Gasteiger partial charge in [0.1, 0.15) is 0 Å². The Morgan fingerprint density at radius 3 is 2.12 bits per heavy atom. The van der Waals surface area contributed by atoms with Crippen LogP contribution < -0.4 is 9.80 Å². The number of amides is 2. The number of hydrogen-bond acceptors (Lipinski definition) is 5. The highest BCUT2D eigenvalue weighted by Gasteiger charge is 2.47. The Morgan fingerprint density at radius 1 is 0.969 bits per heavy atom. The van der Waals surface area contributed by atoms with Gasteiger partial charge in [-0.15, -0.1) is 0 Å². The average molecular weight is 457 g/mol. The van der Waals surface area contributed by atoms with Crippen molar-refractivity contribution in [2.45, 2.75) is 31.2 Å². The third kappa shape index (κ3) is 4.11. The first-order chi connectivity index (χ1) is 15.2. The van der Waals surface area contributed by atoms with Crippen LogP contribution in [-0.4, -0.2) is 62.5 Å². The largest absolute Gasteiger partial charge is 0.322 e. The second-order valence-corrected chi connectivity index (χ2v) is 10.2. The number of nitrogens with zero attached hydrogens (tertiary/aromatic N) is 2. The van der Waals surface area contributed by atoms with Crippen molar-refractivity contribution in [3.8, 4) is 0 Å². The van der Waals surface area contributed by atoms with E-state index in [1.165, 1.54) is 16.1 Å². The number of sulfonamides is 1. The summed E-state index contributed by atoms with van der Waals surface area (Å²) in [7, 11) is -3.58. The van der Waals surface area contributed by atoms with Gasteiger partial charge in [-0.25, -0.2) is 13.3 Å². The molecule has 2 saturated heterocycles. The number of rotatable bonds is 5. The van der Waals surface area contributed by atoms with E-state index in [0.717, 1.165) is 10.5 Å². The van der Waals surface area contributed by atoms with Crippen LogP contribution in [0.1, 0.15) is 29.3 Å². The SMILES string of the molecule is CC(=O)c1ccc(N2C(=O)C[C@H]([NH+]3CCN(S(=O)(=O)c4ccc(C)cc4)CC3)C2=O)cc1. The molecule has 2 aromatic rings. The van der Waals surface area contributed by atoms with E-state index in [0.29, 0.717) is 24.3 Å². The first-order valence-corrected chi connectivity index (χ1v) is 12.0. The van der Waals surface area contributed by atoms with Gasteiger partial charge in [-0.05, 0) is 50.2 Å². The highest BCUT2D eigenvalue weighted by molar-refractivity contribution is 7.89. The molecule has 0 aliphatic carbocycles. The molecule has 0 aromatic heterocycles. The molecule has 2 aliphatic heterocycles. The number of hydrogen-bond donors (Lipinski definition) is 1. The van der Waals surface area contributed by atoms with Crippen molar-refractivity contribution in [2.75, 3.05) is 31.1 Å². The first-order valence-electron chi connectivity index (χ1n) is 10.6. The molecule has 2 heterocycles. The molecule has 0 radical (unpaired) electrons. The molecule has 2 fully saturated rings. The lowest BCUT2D eigenvalue weighted by Crippen LogP contribution is -3.19. The fourth-order valence-corrected chi connectivity index (χ4v) is 5.73. The quantitative estimate of drug-likeness (QED) is 0.520. The fourth-order valence-electron chi connectivity index (χ4n) is 4.29. The van der Waals surface area contributed by atoms with Crippen molar-refractivity contribution in [1.82, 2.24) is 4.31 Å². The van der Waals surface area contributed by atoms with Gasteiger partial charge in [0, 0.05) is 5.56 Å². The molecule has 2 aliphatic rings. The predicted octanol–water partition coefficient (Wildman–Crippen LogP) is 0.419. The summed E-state index contributed by atoms with van der Waals surface area (Å²) in [4.78, 5) is 39.5. The zero-order chi connectivity index (χ0) is 23.0. The maximum Gasteiger partial charge on any atom is 0.292 e. The lowest BCUT2D eigenvalue weighted by Gasteiger charge is -2.33. The summed E-state index contributed by atoms with van der Waals surface area (Å²) >= 11 is 0. The van der Waals surface area contributed by atoms with Crippen LogP contribution in [-0.2, 0) is 19.6 Å². The molecular formula is C23H26N3O5S+. The Balaban J connectivity index is 1.44. The van der Waals surface area contributed by atoms with Gasteiger partial charge in [0.2, 0.25) is 15.9 Å². The van der Waals surface area contributed by atoms with E-state index in [1.807, 2.05) is 6.92 Å². The molecule has 0 bridgehead atoms. The van der Waals surface area contributed by atoms with Crippen LogP contribution in [0.15, 0.2) is 53.4 Å². The molecule has 0 unspecified atom stereocenters. The van der Waals surface area contributed by atoms with E-state index in [-0.39, 0.29) is 42.0 Å². The van der Waals surface area contributed by atoms with Crippen molar-refractivity contribution < 1.29 is 27.7 Å². The summed E-state index contributed by atoms with van der Waals surface area (Å²) in [6.45, 7) is 4.84. The zero-order valence-electron chi connectivity index (χ0n) is 18.1. The monoisotopic (exact) mass is 456 g/mol. The summed E-state index contributed by atoms with van der Waals surface area (Å²) in [5.41, 5.74) is 1.96. The highest BCUT2D eigenvalue weighted by Crippen LogP contribution is 2.23. The number of piperazine rings is 1. The number of benzene rings is 2. The highest BCUT2D eigenvalue weighted by atomic mass is 32.2. The van der Waals surface area contributed by atoms with Crippen molar-refractivity contribution in [3.63, 3.8) is 0 Å². The molecule has 1 atom stereocenters. The van der Waals surface area contributed by atoms with Gasteiger partial charge in [0.05, 0.1) is 43.2 Å². The molecule has 1 N–H and O–H groups in total. The van der Waals surface area contributed by atoms with E-state index < -0.39 is 16.1 Å². The van der Waals surface area contributed by atoms with Crippen LogP contribution >= 0.6 is 0 Å². The Kier molecular flexibility index (Phi) is 5.98. The number of aryl methyl sites for hydroxylation is 1. The Morgan fingerprint density at radius 2 is 1.56 bits per heavy atom. The molecule has 8 nitrogen and oxygen atoms in total. The van der Waals surface area contributed by atoms with Crippen molar-refractivity contribution in [1.29, 1.82) is 0 Å². The van der Waals surface area contributed by atoms with Gasteiger partial charge >= 0.3 is 0 Å². The molecule has 168 valence electrons. The minimum Gasteiger partial charge on any atom is -0.322 e. The standard InChI is InChI=1S/C23H25N3O5S/c1-16-3-9-20(10-4-16)32(30,31)25-13-11-24(12-14-25)21-15-22(28)26(23(21)29)19-7-5-18(6-8-19)17(2)27/h3-10,21H,11-15H2,1-2H3/p+1/t21-/m0/s1. The number of Topliss-reactive ketones (excluding diaryl/α,β-unsaturated/α-hetero) is 1. The molecule has 4 rings (SSSR count). The second-order valence-electron chi connectivity index (χ2n) is 8.30. The molecule has 2 amide bonds. The minimum atomic E-state index is -3.58. The zero-order valence-corrected chi connectivity index (χ0v) is 18.9. The fraction of sp³-hybridized carbons (Fsp3) is 0.348. The summed E-state index contributed by atoms with van der Waals surface area (Å²) in [6.07, 6.45) is 0.0906. The second kappa shape index (κ2) is 8.57. The van der Waals surface area contributed by atoms with Gasteiger partial charge in [-0.3, -0.25) is 14.4 Å².